The van der Waals surface area contributed by atoms with Gasteiger partial charge in [-0.2, -0.15) is 5.26 Å². The van der Waals surface area contributed by atoms with Crippen LogP contribution in [-0.4, -0.2) is 14.5 Å². The molecule has 62 heavy (non-hydrogen) atoms. The van der Waals surface area contributed by atoms with Gasteiger partial charge in [-0.1, -0.05) is 139 Å². The van der Waals surface area contributed by atoms with E-state index in [1.165, 1.54) is 27.8 Å². The summed E-state index contributed by atoms with van der Waals surface area (Å²) in [4.78, 5) is 14.3. The summed E-state index contributed by atoms with van der Waals surface area (Å²) in [7, 11) is 0. The Labute approximate surface area is 361 Å². The number of nitriles is 1. The molecular weight excluding hydrogens is 755 g/mol. The maximum atomic E-state index is 9.87. The lowest BCUT2D eigenvalue weighted by atomic mass is 9.91. The third kappa shape index (κ3) is 6.79. The van der Waals surface area contributed by atoms with Gasteiger partial charge in [0.25, 0.3) is 0 Å². The second-order valence-electron chi connectivity index (χ2n) is 15.8. The third-order valence-corrected chi connectivity index (χ3v) is 11.7. The van der Waals surface area contributed by atoms with Crippen molar-refractivity contribution in [1.82, 2.24) is 14.5 Å². The molecule has 0 fully saturated rings. The van der Waals surface area contributed by atoms with E-state index in [1.54, 1.807) is 0 Å². The molecule has 0 N–H and O–H groups in total. The lowest BCUT2D eigenvalue weighted by molar-refractivity contribution is 1.17. The highest BCUT2D eigenvalue weighted by Crippen LogP contribution is 2.45. The fourth-order valence-corrected chi connectivity index (χ4v) is 8.98. The van der Waals surface area contributed by atoms with Crippen LogP contribution in [0.25, 0.3) is 99.6 Å². The molecule has 0 saturated carbocycles. The highest BCUT2D eigenvalue weighted by atomic mass is 15.0. The Morgan fingerprint density at radius 3 is 1.61 bits per heavy atom. The first-order valence-electron chi connectivity index (χ1n) is 20.7. The van der Waals surface area contributed by atoms with Crippen molar-refractivity contribution in [2.24, 2.45) is 0 Å². The molecule has 5 nitrogen and oxygen atoms in total. The summed E-state index contributed by atoms with van der Waals surface area (Å²) in [6.07, 6.45) is 0. The first kappa shape index (κ1) is 37.9. The Bertz CT molecular complexity index is 3260. The molecule has 0 bridgehead atoms. The largest absolute Gasteiger partial charge is 0.308 e. The molecule has 0 aliphatic carbocycles. The molecule has 2 heterocycles. The molecule has 2 aromatic heterocycles. The van der Waals surface area contributed by atoms with E-state index in [9.17, 15) is 5.26 Å². The van der Waals surface area contributed by atoms with Crippen LogP contribution >= 0.6 is 0 Å². The smallest absolute Gasteiger partial charge is 0.187 e. The molecule has 0 unspecified atom stereocenters. The van der Waals surface area contributed by atoms with Gasteiger partial charge in [0, 0.05) is 38.6 Å². The van der Waals surface area contributed by atoms with E-state index in [0.29, 0.717) is 17.1 Å². The lowest BCUT2D eigenvalue weighted by Crippen LogP contribution is -2.03. The first-order valence-corrected chi connectivity index (χ1v) is 20.7. The van der Waals surface area contributed by atoms with Crippen molar-refractivity contribution in [1.29, 1.82) is 5.26 Å². The summed E-state index contributed by atoms with van der Waals surface area (Å²) in [5, 5.41) is 12.2. The van der Waals surface area contributed by atoms with Crippen molar-refractivity contribution < 1.29 is 0 Å². The van der Waals surface area contributed by atoms with Gasteiger partial charge in [0.15, 0.2) is 11.5 Å². The number of aromatic nitrogens is 3. The lowest BCUT2D eigenvalue weighted by Gasteiger charge is -2.21. The predicted molar refractivity (Wildman–Crippen MR) is 254 cm³/mol. The van der Waals surface area contributed by atoms with E-state index in [2.05, 4.69) is 133 Å². The van der Waals surface area contributed by atoms with Crippen LogP contribution in [0.1, 0.15) is 22.3 Å². The van der Waals surface area contributed by atoms with E-state index in [-0.39, 0.29) is 0 Å². The van der Waals surface area contributed by atoms with Crippen molar-refractivity contribution in [2.45, 2.75) is 20.8 Å². The van der Waals surface area contributed by atoms with Crippen LogP contribution in [-0.2, 0) is 0 Å². The standard InChI is InChI=1S/C57H39N5/c1-36-29-37(2)55(38(3)30-36)44-25-28-54-50(31-44)47-17-11-12-18-53(47)62(54)56-48(40-21-19-39(35-58)20-22-40)32-45(33-49(56)41-23-26-46(59-4)27-24-41)57-60-51(42-13-7-5-8-14-42)34-52(61-57)43-15-9-6-10-16-43/h5-34H,1-3H3. The summed E-state index contributed by atoms with van der Waals surface area (Å²) >= 11 is 0. The molecule has 0 radical (unpaired) electrons. The van der Waals surface area contributed by atoms with Gasteiger partial charge in [-0.25, -0.2) is 14.8 Å². The summed E-state index contributed by atoms with van der Waals surface area (Å²) in [5.74, 6) is 0.585. The van der Waals surface area contributed by atoms with Gasteiger partial charge in [-0.15, -0.1) is 0 Å². The van der Waals surface area contributed by atoms with Crippen LogP contribution in [0.2, 0.25) is 0 Å². The Balaban J connectivity index is 1.31. The van der Waals surface area contributed by atoms with E-state index in [1.807, 2.05) is 84.9 Å². The minimum Gasteiger partial charge on any atom is -0.308 e. The molecule has 0 aliphatic rings. The van der Waals surface area contributed by atoms with Crippen LogP contribution in [0, 0.1) is 38.7 Å². The molecule has 0 amide bonds. The number of benzene rings is 8. The zero-order valence-electron chi connectivity index (χ0n) is 34.6. The monoisotopic (exact) mass is 793 g/mol. The second kappa shape index (κ2) is 15.7. The van der Waals surface area contributed by atoms with Crippen molar-refractivity contribution in [2.75, 3.05) is 0 Å². The minimum atomic E-state index is 0.566. The SMILES string of the molecule is [C-]#[N+]c1ccc(-c2cc(-c3nc(-c4ccccc4)cc(-c4ccccc4)n3)cc(-c3ccc(C#N)cc3)c2-n2c3ccccc3c3cc(-c4c(C)cc(C)cc4C)ccc32)cc1. The van der Waals surface area contributed by atoms with E-state index in [0.717, 1.165) is 77.8 Å². The molecule has 5 heteroatoms. The van der Waals surface area contributed by atoms with Gasteiger partial charge in [-0.05, 0) is 103 Å². The molecule has 0 atom stereocenters. The van der Waals surface area contributed by atoms with Crippen molar-refractivity contribution in [3.63, 3.8) is 0 Å². The summed E-state index contributed by atoms with van der Waals surface area (Å²) < 4.78 is 2.38. The number of para-hydroxylation sites is 1. The van der Waals surface area contributed by atoms with Crippen molar-refractivity contribution in [3.05, 3.63) is 216 Å². The number of fused-ring (bicyclic) bond motifs is 3. The van der Waals surface area contributed by atoms with Gasteiger partial charge >= 0.3 is 0 Å². The Morgan fingerprint density at radius 2 is 1.03 bits per heavy atom. The third-order valence-electron chi connectivity index (χ3n) is 11.7. The van der Waals surface area contributed by atoms with Crippen LogP contribution in [0.5, 0.6) is 0 Å². The van der Waals surface area contributed by atoms with Crippen LogP contribution in [0.3, 0.4) is 0 Å². The van der Waals surface area contributed by atoms with Crippen molar-refractivity contribution in [3.8, 4) is 79.0 Å². The first-order chi connectivity index (χ1) is 30.4. The van der Waals surface area contributed by atoms with Gasteiger partial charge in [0.05, 0.1) is 46.3 Å². The topological polar surface area (TPSA) is 58.9 Å². The van der Waals surface area contributed by atoms with Crippen LogP contribution in [0.15, 0.2) is 182 Å². The fraction of sp³-hybridized carbons (Fsp3) is 0.0526. The normalized spacial score (nSPS) is 11.1. The highest BCUT2D eigenvalue weighted by molar-refractivity contribution is 6.12. The van der Waals surface area contributed by atoms with Gasteiger partial charge in [0.2, 0.25) is 0 Å². The number of aryl methyl sites for hydroxylation is 3. The second-order valence-corrected chi connectivity index (χ2v) is 15.8. The summed E-state index contributed by atoms with van der Waals surface area (Å²) in [6.45, 7) is 14.3. The zero-order valence-corrected chi connectivity index (χ0v) is 34.6. The fourth-order valence-electron chi connectivity index (χ4n) is 8.98. The molecule has 10 rings (SSSR count). The molecule has 8 aromatic carbocycles. The van der Waals surface area contributed by atoms with Gasteiger partial charge in [0.1, 0.15) is 0 Å². The zero-order chi connectivity index (χ0) is 42.3. The quantitative estimate of drug-likeness (QED) is 0.151. The average Bonchev–Trinajstić information content (AvgIpc) is 3.64. The summed E-state index contributed by atoms with van der Waals surface area (Å²) in [6, 6.07) is 64.8. The number of nitrogens with zero attached hydrogens (tertiary/aromatic N) is 5. The maximum absolute atomic E-state index is 9.87. The predicted octanol–water partition coefficient (Wildman–Crippen LogP) is 14.9. The minimum absolute atomic E-state index is 0.566. The Morgan fingerprint density at radius 1 is 0.500 bits per heavy atom. The number of hydrogen-bond donors (Lipinski definition) is 0. The average molecular weight is 794 g/mol. The van der Waals surface area contributed by atoms with E-state index in [4.69, 9.17) is 16.5 Å². The Hall–Kier alpha value is -8.38. The van der Waals surface area contributed by atoms with Crippen LogP contribution in [0.4, 0.5) is 5.69 Å². The Kier molecular flexibility index (Phi) is 9.56. The molecule has 10 aromatic rings. The van der Waals surface area contributed by atoms with Gasteiger partial charge < -0.3 is 4.57 Å². The molecule has 0 aliphatic heterocycles. The highest BCUT2D eigenvalue weighted by Gasteiger charge is 2.24. The van der Waals surface area contributed by atoms with Crippen LogP contribution < -0.4 is 0 Å². The molecular formula is C57H39N5. The molecule has 292 valence electrons. The molecule has 0 saturated heterocycles. The van der Waals surface area contributed by atoms with Crippen molar-refractivity contribution >= 4 is 27.5 Å². The van der Waals surface area contributed by atoms with E-state index < -0.39 is 0 Å². The summed E-state index contributed by atoms with van der Waals surface area (Å²) in [5.41, 5.74) is 18.7. The molecule has 0 spiro atoms. The number of rotatable bonds is 7. The maximum Gasteiger partial charge on any atom is 0.187 e. The van der Waals surface area contributed by atoms with Gasteiger partial charge in [-0.3, -0.25) is 0 Å². The van der Waals surface area contributed by atoms with E-state index >= 15 is 0 Å². The number of hydrogen-bond acceptors (Lipinski definition) is 3.